The van der Waals surface area contributed by atoms with Crippen molar-refractivity contribution in [2.75, 3.05) is 47.8 Å². The van der Waals surface area contributed by atoms with Crippen molar-refractivity contribution in [3.8, 4) is 0 Å². The quantitative estimate of drug-likeness (QED) is 0.173. The van der Waals surface area contributed by atoms with E-state index in [9.17, 15) is 4.79 Å². The van der Waals surface area contributed by atoms with Crippen LogP contribution in [0.1, 0.15) is 19.8 Å². The summed E-state index contributed by atoms with van der Waals surface area (Å²) in [5.41, 5.74) is 0.397. The van der Waals surface area contributed by atoms with Gasteiger partial charge in [0.15, 0.2) is 0 Å². The van der Waals surface area contributed by atoms with Crippen LogP contribution in [0.15, 0.2) is 12.2 Å². The lowest BCUT2D eigenvalue weighted by Gasteiger charge is -2.24. The third kappa shape index (κ3) is 10.9. The largest absolute Gasteiger partial charge is 0.500 e. The van der Waals surface area contributed by atoms with Crippen molar-refractivity contribution < 1.29 is 32.3 Å². The van der Waals surface area contributed by atoms with Gasteiger partial charge in [-0.25, -0.2) is 4.79 Å². The summed E-state index contributed by atoms with van der Waals surface area (Å²) in [5.74, 6) is -0.375. The number of rotatable bonds is 12. The minimum absolute atomic E-state index is 0.316. The Morgan fingerprint density at radius 2 is 1.79 bits per heavy atom. The summed E-state index contributed by atoms with van der Waals surface area (Å²) in [7, 11) is 2.13. The van der Waals surface area contributed by atoms with Crippen molar-refractivity contribution in [3.63, 3.8) is 0 Å². The fraction of sp³-hybridized carbons (Fsp3) is 0.750. The molecule has 1 radical (unpaired) electrons. The Morgan fingerprint density at radius 1 is 1.21 bits per heavy atom. The summed E-state index contributed by atoms with van der Waals surface area (Å²) in [6.07, 6.45) is 1.90. The Morgan fingerprint density at radius 3 is 2.21 bits per heavy atom. The zero-order valence-corrected chi connectivity index (χ0v) is 16.3. The highest BCUT2D eigenvalue weighted by Crippen LogP contribution is 2.15. The molecule has 0 spiro atoms. The van der Waals surface area contributed by atoms with E-state index in [2.05, 4.69) is 13.5 Å². The van der Waals surface area contributed by atoms with Crippen molar-refractivity contribution in [3.05, 3.63) is 19.1 Å². The molecule has 0 bridgehead atoms. The predicted octanol–water partition coefficient (Wildman–Crippen LogP) is 2.00. The highest BCUT2D eigenvalue weighted by molar-refractivity contribution is 6.60. The van der Waals surface area contributed by atoms with Gasteiger partial charge in [0.25, 0.3) is 0 Å². The van der Waals surface area contributed by atoms with Gasteiger partial charge in [0.1, 0.15) is 6.10 Å². The van der Waals surface area contributed by atoms with Crippen LogP contribution in [-0.2, 0) is 32.3 Å². The van der Waals surface area contributed by atoms with Crippen LogP contribution in [0, 0.1) is 6.92 Å². The summed E-state index contributed by atoms with van der Waals surface area (Å²) in [4.78, 5) is 11.1. The molecule has 1 rings (SSSR count). The number of ether oxygens (including phenoxy) is 3. The van der Waals surface area contributed by atoms with Gasteiger partial charge in [0, 0.05) is 39.6 Å². The first kappa shape index (κ1) is 23.2. The Labute approximate surface area is 146 Å². The van der Waals surface area contributed by atoms with E-state index in [1.165, 1.54) is 0 Å². The molecular weight excluding hydrogens is 332 g/mol. The second-order valence-corrected chi connectivity index (χ2v) is 8.29. The van der Waals surface area contributed by atoms with Crippen LogP contribution in [0.5, 0.6) is 0 Å². The van der Waals surface area contributed by atoms with E-state index >= 15 is 0 Å². The maximum Gasteiger partial charge on any atom is 0.500 e. The second kappa shape index (κ2) is 13.5. The number of esters is 1. The van der Waals surface area contributed by atoms with Gasteiger partial charge in [-0.05, 0) is 19.8 Å². The van der Waals surface area contributed by atoms with Gasteiger partial charge >= 0.3 is 14.8 Å². The zero-order chi connectivity index (χ0) is 18.4. The summed E-state index contributed by atoms with van der Waals surface area (Å²) < 4.78 is 30.7. The highest BCUT2D eigenvalue weighted by Gasteiger charge is 2.36. The molecular formula is C16H31O7Si. The average Bonchev–Trinajstić information content (AvgIpc) is 3.40. The predicted molar refractivity (Wildman–Crippen MR) is 92.5 cm³/mol. The summed E-state index contributed by atoms with van der Waals surface area (Å²) in [5, 5.41) is 0. The third-order valence-electron chi connectivity index (χ3n) is 3.14. The van der Waals surface area contributed by atoms with E-state index in [0.29, 0.717) is 30.7 Å². The molecule has 1 heterocycles. The van der Waals surface area contributed by atoms with Crippen LogP contribution in [0.3, 0.4) is 0 Å². The fourth-order valence-corrected chi connectivity index (χ4v) is 3.30. The van der Waals surface area contributed by atoms with Gasteiger partial charge in [-0.15, -0.1) is 0 Å². The lowest BCUT2D eigenvalue weighted by molar-refractivity contribution is -0.139. The lowest BCUT2D eigenvalue weighted by Crippen LogP contribution is -2.42. The smallest absolute Gasteiger partial charge is 0.462 e. The molecule has 1 saturated heterocycles. The number of hydrogen-bond donors (Lipinski definition) is 0. The van der Waals surface area contributed by atoms with Gasteiger partial charge in [0.05, 0.1) is 19.8 Å². The molecule has 1 atom stereocenters. The molecule has 1 fully saturated rings. The van der Waals surface area contributed by atoms with Crippen molar-refractivity contribution in [2.45, 2.75) is 31.9 Å². The Kier molecular flexibility index (Phi) is 13.1. The summed E-state index contributed by atoms with van der Waals surface area (Å²) >= 11 is 0. The average molecular weight is 364 g/mol. The molecule has 0 aromatic carbocycles. The first-order valence-electron chi connectivity index (χ1n) is 7.91. The van der Waals surface area contributed by atoms with E-state index in [1.54, 1.807) is 28.3 Å². The molecule has 8 heteroatoms. The molecule has 1 aliphatic rings. The molecule has 0 amide bonds. The number of hydrogen-bond acceptors (Lipinski definition) is 7. The minimum atomic E-state index is -2.53. The normalized spacial score (nSPS) is 16.1. The van der Waals surface area contributed by atoms with Gasteiger partial charge in [-0.1, -0.05) is 13.5 Å². The zero-order valence-electron chi connectivity index (χ0n) is 15.3. The van der Waals surface area contributed by atoms with Crippen molar-refractivity contribution in [1.29, 1.82) is 0 Å². The van der Waals surface area contributed by atoms with Gasteiger partial charge in [0.2, 0.25) is 0 Å². The van der Waals surface area contributed by atoms with Crippen molar-refractivity contribution in [2.24, 2.45) is 0 Å². The van der Waals surface area contributed by atoms with Crippen LogP contribution in [0.4, 0.5) is 0 Å². The van der Waals surface area contributed by atoms with E-state index in [1.807, 2.05) is 0 Å². The first-order valence-corrected chi connectivity index (χ1v) is 9.84. The van der Waals surface area contributed by atoms with E-state index in [4.69, 9.17) is 27.5 Å². The highest BCUT2D eigenvalue weighted by atomic mass is 28.4. The molecule has 141 valence electrons. The molecule has 1 aliphatic heterocycles. The van der Waals surface area contributed by atoms with Crippen LogP contribution in [0.2, 0.25) is 6.04 Å². The fourth-order valence-electron chi connectivity index (χ4n) is 1.61. The Bertz CT molecular complexity index is 346. The SMILES string of the molecule is C=C(C)C(=O)OCCC[Si](OC)(OC)OC.[CH2]CCOCC1CO1. The second-order valence-electron chi connectivity index (χ2n) is 5.20. The maximum atomic E-state index is 11.1. The minimum Gasteiger partial charge on any atom is -0.462 e. The lowest BCUT2D eigenvalue weighted by atomic mass is 10.4. The van der Waals surface area contributed by atoms with Gasteiger partial charge < -0.3 is 27.5 Å². The molecule has 0 aromatic rings. The molecule has 0 aliphatic carbocycles. The first-order chi connectivity index (χ1) is 11.4. The van der Waals surface area contributed by atoms with E-state index in [0.717, 1.165) is 26.2 Å². The van der Waals surface area contributed by atoms with Crippen molar-refractivity contribution >= 4 is 14.8 Å². The van der Waals surface area contributed by atoms with Crippen LogP contribution in [0.25, 0.3) is 0 Å². The molecule has 0 N–H and O–H groups in total. The molecule has 0 aromatic heterocycles. The maximum absolute atomic E-state index is 11.1. The molecule has 7 nitrogen and oxygen atoms in total. The third-order valence-corrected chi connectivity index (χ3v) is 5.97. The van der Waals surface area contributed by atoms with Gasteiger partial charge in [-0.2, -0.15) is 0 Å². The molecule has 24 heavy (non-hydrogen) atoms. The van der Waals surface area contributed by atoms with Crippen LogP contribution in [-0.4, -0.2) is 68.6 Å². The number of carbonyl (C=O) groups excluding carboxylic acids is 1. The van der Waals surface area contributed by atoms with Crippen molar-refractivity contribution in [1.82, 2.24) is 0 Å². The Hall–Kier alpha value is -0.773. The monoisotopic (exact) mass is 363 g/mol. The summed E-state index contributed by atoms with van der Waals surface area (Å²) in [6, 6.07) is 0.611. The summed E-state index contributed by atoms with van der Waals surface area (Å²) in [6.45, 7) is 11.5. The number of epoxide rings is 1. The molecule has 1 unspecified atom stereocenters. The van der Waals surface area contributed by atoms with Gasteiger partial charge in [-0.3, -0.25) is 0 Å². The Balaban J connectivity index is 0.000000546. The number of carbonyl (C=O) groups is 1. The molecule has 0 saturated carbocycles. The van der Waals surface area contributed by atoms with E-state index in [-0.39, 0.29) is 5.97 Å². The van der Waals surface area contributed by atoms with Crippen LogP contribution >= 0.6 is 0 Å². The topological polar surface area (TPSA) is 75.8 Å². The van der Waals surface area contributed by atoms with Crippen LogP contribution < -0.4 is 0 Å². The standard InChI is InChI=1S/C10H20O5Si.C6H11O2/c1-9(2)10(11)15-7-6-8-16(12-3,13-4)14-5;1-2-3-7-4-6-5-8-6/h1,6-8H2,2-5H3;6H,1-5H2. The van der Waals surface area contributed by atoms with E-state index < -0.39 is 8.80 Å².